The van der Waals surface area contributed by atoms with E-state index < -0.39 is 0 Å². The monoisotopic (exact) mass is 352 g/mol. The Morgan fingerprint density at radius 1 is 1.12 bits per heavy atom. The molecule has 1 N–H and O–H groups in total. The van der Waals surface area contributed by atoms with Gasteiger partial charge in [0, 0.05) is 11.6 Å². The zero-order valence-corrected chi connectivity index (χ0v) is 14.7. The van der Waals surface area contributed by atoms with Gasteiger partial charge in [-0.2, -0.15) is 0 Å². The maximum absolute atomic E-state index is 12.3. The molecule has 26 heavy (non-hydrogen) atoms. The SMILES string of the molecule is COc1cccc(OCCNC(=O)c2nc(-c3ccccc3)oc2C)c1. The van der Waals surface area contributed by atoms with Crippen LogP contribution in [0.4, 0.5) is 0 Å². The van der Waals surface area contributed by atoms with Gasteiger partial charge in [-0.15, -0.1) is 0 Å². The fourth-order valence-corrected chi connectivity index (χ4v) is 2.42. The molecule has 0 saturated carbocycles. The van der Waals surface area contributed by atoms with Gasteiger partial charge in [-0.05, 0) is 31.2 Å². The fraction of sp³-hybridized carbons (Fsp3) is 0.200. The first kappa shape index (κ1) is 17.5. The topological polar surface area (TPSA) is 73.6 Å². The molecule has 1 amide bonds. The Balaban J connectivity index is 1.54. The zero-order chi connectivity index (χ0) is 18.4. The van der Waals surface area contributed by atoms with E-state index in [9.17, 15) is 4.79 Å². The van der Waals surface area contributed by atoms with Crippen LogP contribution in [0.1, 0.15) is 16.2 Å². The summed E-state index contributed by atoms with van der Waals surface area (Å²) >= 11 is 0. The van der Waals surface area contributed by atoms with Crippen molar-refractivity contribution in [2.45, 2.75) is 6.92 Å². The summed E-state index contributed by atoms with van der Waals surface area (Å²) in [5.41, 5.74) is 1.11. The lowest BCUT2D eigenvalue weighted by Gasteiger charge is -2.08. The van der Waals surface area contributed by atoms with E-state index >= 15 is 0 Å². The Morgan fingerprint density at radius 3 is 2.65 bits per heavy atom. The number of carbonyl (C=O) groups is 1. The third-order valence-corrected chi connectivity index (χ3v) is 3.73. The number of aryl methyl sites for hydroxylation is 1. The van der Waals surface area contributed by atoms with Crippen molar-refractivity contribution in [3.63, 3.8) is 0 Å². The molecule has 0 saturated heterocycles. The van der Waals surface area contributed by atoms with Crippen molar-refractivity contribution in [1.29, 1.82) is 0 Å². The Morgan fingerprint density at radius 2 is 1.88 bits per heavy atom. The van der Waals surface area contributed by atoms with E-state index in [-0.39, 0.29) is 11.6 Å². The van der Waals surface area contributed by atoms with Crippen LogP contribution in [-0.4, -0.2) is 31.2 Å². The third kappa shape index (κ3) is 4.22. The van der Waals surface area contributed by atoms with Gasteiger partial charge in [0.1, 0.15) is 23.9 Å². The first-order chi connectivity index (χ1) is 12.7. The van der Waals surface area contributed by atoms with E-state index in [1.165, 1.54) is 0 Å². The maximum Gasteiger partial charge on any atom is 0.273 e. The van der Waals surface area contributed by atoms with Crippen molar-refractivity contribution in [3.05, 3.63) is 66.1 Å². The van der Waals surface area contributed by atoms with Crippen molar-refractivity contribution in [2.24, 2.45) is 0 Å². The molecule has 1 aromatic heterocycles. The Kier molecular flexibility index (Phi) is 5.53. The second-order valence-electron chi connectivity index (χ2n) is 5.57. The molecule has 134 valence electrons. The van der Waals surface area contributed by atoms with E-state index in [2.05, 4.69) is 10.3 Å². The molecule has 2 aromatic carbocycles. The second kappa shape index (κ2) is 8.20. The molecule has 0 unspecified atom stereocenters. The molecule has 3 aromatic rings. The van der Waals surface area contributed by atoms with E-state index in [1.54, 1.807) is 20.1 Å². The van der Waals surface area contributed by atoms with Gasteiger partial charge in [0.05, 0.1) is 13.7 Å². The number of rotatable bonds is 7. The smallest absolute Gasteiger partial charge is 0.273 e. The van der Waals surface area contributed by atoms with Crippen LogP contribution in [0.2, 0.25) is 0 Å². The first-order valence-corrected chi connectivity index (χ1v) is 8.25. The van der Waals surface area contributed by atoms with Gasteiger partial charge in [-0.25, -0.2) is 4.98 Å². The number of methoxy groups -OCH3 is 1. The number of hydrogen-bond donors (Lipinski definition) is 1. The van der Waals surface area contributed by atoms with Crippen LogP contribution in [0.25, 0.3) is 11.5 Å². The van der Waals surface area contributed by atoms with Gasteiger partial charge >= 0.3 is 0 Å². The number of ether oxygens (including phenoxy) is 2. The lowest BCUT2D eigenvalue weighted by Crippen LogP contribution is -2.28. The van der Waals surface area contributed by atoms with E-state index in [0.29, 0.717) is 30.6 Å². The van der Waals surface area contributed by atoms with Crippen molar-refractivity contribution < 1.29 is 18.7 Å². The summed E-state index contributed by atoms with van der Waals surface area (Å²) < 4.78 is 16.3. The largest absolute Gasteiger partial charge is 0.497 e. The Bertz CT molecular complexity index is 875. The fourth-order valence-electron chi connectivity index (χ4n) is 2.42. The lowest BCUT2D eigenvalue weighted by atomic mass is 10.2. The van der Waals surface area contributed by atoms with E-state index in [0.717, 1.165) is 11.3 Å². The van der Waals surface area contributed by atoms with Crippen molar-refractivity contribution >= 4 is 5.91 Å². The quantitative estimate of drug-likeness (QED) is 0.659. The highest BCUT2D eigenvalue weighted by molar-refractivity contribution is 5.93. The average molecular weight is 352 g/mol. The molecule has 0 aliphatic rings. The van der Waals surface area contributed by atoms with Crippen molar-refractivity contribution in [2.75, 3.05) is 20.3 Å². The summed E-state index contributed by atoms with van der Waals surface area (Å²) in [5.74, 6) is 2.03. The second-order valence-corrected chi connectivity index (χ2v) is 5.57. The van der Waals surface area contributed by atoms with Crippen molar-refractivity contribution in [3.8, 4) is 23.0 Å². The summed E-state index contributed by atoms with van der Waals surface area (Å²) in [5, 5.41) is 2.79. The molecule has 0 fully saturated rings. The maximum atomic E-state index is 12.3. The number of nitrogens with one attached hydrogen (secondary N) is 1. The number of hydrogen-bond acceptors (Lipinski definition) is 5. The average Bonchev–Trinajstić information content (AvgIpc) is 3.08. The highest BCUT2D eigenvalue weighted by atomic mass is 16.5. The number of benzene rings is 2. The predicted octanol–water partition coefficient (Wildman–Crippen LogP) is 3.47. The third-order valence-electron chi connectivity index (χ3n) is 3.73. The molecular weight excluding hydrogens is 332 g/mol. The number of nitrogens with zero attached hydrogens (tertiary/aromatic N) is 1. The standard InChI is InChI=1S/C20H20N2O4/c1-14-18(22-20(26-14)15-7-4-3-5-8-15)19(23)21-11-12-25-17-10-6-9-16(13-17)24-2/h3-10,13H,11-12H2,1-2H3,(H,21,23). The molecule has 0 spiro atoms. The predicted molar refractivity (Wildman–Crippen MR) is 97.5 cm³/mol. The highest BCUT2D eigenvalue weighted by Crippen LogP contribution is 2.21. The van der Waals surface area contributed by atoms with Crippen LogP contribution in [0.5, 0.6) is 11.5 Å². The minimum Gasteiger partial charge on any atom is -0.497 e. The van der Waals surface area contributed by atoms with Gasteiger partial charge in [-0.1, -0.05) is 24.3 Å². The zero-order valence-electron chi connectivity index (χ0n) is 14.7. The summed E-state index contributed by atoms with van der Waals surface area (Å²) in [6.07, 6.45) is 0. The molecule has 0 aliphatic carbocycles. The van der Waals surface area contributed by atoms with E-state index in [4.69, 9.17) is 13.9 Å². The normalized spacial score (nSPS) is 10.4. The highest BCUT2D eigenvalue weighted by Gasteiger charge is 2.17. The molecule has 0 bridgehead atoms. The van der Waals surface area contributed by atoms with Gasteiger partial charge in [-0.3, -0.25) is 4.79 Å². The number of oxazole rings is 1. The molecule has 1 heterocycles. The van der Waals surface area contributed by atoms with Gasteiger partial charge in [0.2, 0.25) is 5.89 Å². The minimum absolute atomic E-state index is 0.283. The van der Waals surface area contributed by atoms with Gasteiger partial charge in [0.15, 0.2) is 5.69 Å². The van der Waals surface area contributed by atoms with E-state index in [1.807, 2.05) is 48.5 Å². The van der Waals surface area contributed by atoms with Gasteiger partial charge in [0.25, 0.3) is 5.91 Å². The summed E-state index contributed by atoms with van der Waals surface area (Å²) in [4.78, 5) is 16.6. The summed E-state index contributed by atoms with van der Waals surface area (Å²) in [7, 11) is 1.60. The minimum atomic E-state index is -0.289. The Hall–Kier alpha value is -3.28. The van der Waals surface area contributed by atoms with Crippen LogP contribution < -0.4 is 14.8 Å². The molecular formula is C20H20N2O4. The number of carbonyl (C=O) groups excluding carboxylic acids is 1. The summed E-state index contributed by atoms with van der Waals surface area (Å²) in [6, 6.07) is 16.8. The number of aromatic nitrogens is 1. The first-order valence-electron chi connectivity index (χ1n) is 8.25. The molecule has 6 nitrogen and oxygen atoms in total. The van der Waals surface area contributed by atoms with Crippen LogP contribution in [0.3, 0.4) is 0 Å². The Labute approximate surface area is 151 Å². The molecule has 3 rings (SSSR count). The lowest BCUT2D eigenvalue weighted by molar-refractivity contribution is 0.0941. The molecule has 0 radical (unpaired) electrons. The van der Waals surface area contributed by atoms with Crippen LogP contribution in [-0.2, 0) is 0 Å². The molecule has 6 heteroatoms. The van der Waals surface area contributed by atoms with Crippen LogP contribution in [0, 0.1) is 6.92 Å². The molecule has 0 atom stereocenters. The molecule has 0 aliphatic heterocycles. The number of amides is 1. The van der Waals surface area contributed by atoms with Crippen molar-refractivity contribution in [1.82, 2.24) is 10.3 Å². The summed E-state index contributed by atoms with van der Waals surface area (Å²) in [6.45, 7) is 2.41. The van der Waals surface area contributed by atoms with Crippen LogP contribution in [0.15, 0.2) is 59.0 Å². The van der Waals surface area contributed by atoms with Gasteiger partial charge < -0.3 is 19.2 Å². The van der Waals surface area contributed by atoms with Crippen LogP contribution >= 0.6 is 0 Å².